The third-order valence-electron chi connectivity index (χ3n) is 5.35. The molecule has 0 saturated heterocycles. The number of carbonyl (C=O) groups is 1. The minimum Gasteiger partial charge on any atom is -0.294 e. The SMILES string of the molecule is Cc1cccc(CSc2nc3nc4c(cn3n2)C(=O)C[C@H](c2ccc(F)cc2)C4)c1. The molecule has 150 valence electrons. The number of ketones is 1. The van der Waals surface area contributed by atoms with Gasteiger partial charge in [0.1, 0.15) is 5.82 Å². The molecule has 4 aromatic rings. The largest absolute Gasteiger partial charge is 0.294 e. The molecule has 0 N–H and O–H groups in total. The van der Waals surface area contributed by atoms with E-state index in [0.29, 0.717) is 29.3 Å². The Morgan fingerprint density at radius 1 is 1.13 bits per heavy atom. The molecule has 0 aliphatic heterocycles. The van der Waals surface area contributed by atoms with Gasteiger partial charge in [0, 0.05) is 18.4 Å². The molecule has 0 fully saturated rings. The van der Waals surface area contributed by atoms with Gasteiger partial charge in [0.05, 0.1) is 11.3 Å². The van der Waals surface area contributed by atoms with Gasteiger partial charge in [0.25, 0.3) is 5.78 Å². The van der Waals surface area contributed by atoms with Crippen LogP contribution in [0, 0.1) is 12.7 Å². The third-order valence-corrected chi connectivity index (χ3v) is 6.26. The zero-order chi connectivity index (χ0) is 20.7. The number of hydrogen-bond donors (Lipinski definition) is 0. The van der Waals surface area contributed by atoms with Crippen molar-refractivity contribution in [2.24, 2.45) is 0 Å². The lowest BCUT2D eigenvalue weighted by molar-refractivity contribution is 0.0962. The van der Waals surface area contributed by atoms with E-state index < -0.39 is 0 Å². The van der Waals surface area contributed by atoms with Gasteiger partial charge in [-0.3, -0.25) is 4.79 Å². The number of aryl methyl sites for hydroxylation is 1. The maximum Gasteiger partial charge on any atom is 0.253 e. The third kappa shape index (κ3) is 3.73. The van der Waals surface area contributed by atoms with E-state index in [-0.39, 0.29) is 17.5 Å². The number of rotatable bonds is 4. The van der Waals surface area contributed by atoms with Gasteiger partial charge >= 0.3 is 0 Å². The molecule has 1 aliphatic carbocycles. The number of nitrogens with zero attached hydrogens (tertiary/aromatic N) is 4. The molecule has 5 rings (SSSR count). The summed E-state index contributed by atoms with van der Waals surface area (Å²) in [5, 5.41) is 5.13. The fourth-order valence-corrected chi connectivity index (χ4v) is 4.61. The number of thioether (sulfide) groups is 1. The molecule has 2 aromatic carbocycles. The van der Waals surface area contributed by atoms with Crippen molar-refractivity contribution >= 4 is 23.3 Å². The van der Waals surface area contributed by atoms with E-state index in [0.717, 1.165) is 17.0 Å². The molecule has 0 amide bonds. The Hall–Kier alpha value is -3.06. The number of benzene rings is 2. The minimum absolute atomic E-state index is 0.00126. The van der Waals surface area contributed by atoms with Crippen molar-refractivity contribution in [3.63, 3.8) is 0 Å². The first kappa shape index (κ1) is 18.9. The van der Waals surface area contributed by atoms with Crippen molar-refractivity contribution < 1.29 is 9.18 Å². The van der Waals surface area contributed by atoms with Crippen molar-refractivity contribution in [1.82, 2.24) is 19.6 Å². The van der Waals surface area contributed by atoms with Gasteiger partial charge in [-0.05, 0) is 42.5 Å². The summed E-state index contributed by atoms with van der Waals surface area (Å²) < 4.78 is 14.8. The van der Waals surface area contributed by atoms with Crippen LogP contribution in [-0.2, 0) is 12.2 Å². The van der Waals surface area contributed by atoms with Crippen LogP contribution in [0.2, 0.25) is 0 Å². The lowest BCUT2D eigenvalue weighted by Crippen LogP contribution is -2.21. The fourth-order valence-electron chi connectivity index (χ4n) is 3.85. The summed E-state index contributed by atoms with van der Waals surface area (Å²) in [6, 6.07) is 14.7. The molecule has 1 aliphatic rings. The van der Waals surface area contributed by atoms with Gasteiger partial charge in [-0.1, -0.05) is 53.7 Å². The molecule has 30 heavy (non-hydrogen) atoms. The summed E-state index contributed by atoms with van der Waals surface area (Å²) in [5.74, 6) is 1.01. The van der Waals surface area contributed by atoms with Crippen LogP contribution in [-0.4, -0.2) is 25.4 Å². The summed E-state index contributed by atoms with van der Waals surface area (Å²) in [7, 11) is 0. The maximum absolute atomic E-state index is 13.2. The quantitative estimate of drug-likeness (QED) is 0.447. The Morgan fingerprint density at radius 3 is 2.77 bits per heavy atom. The van der Waals surface area contributed by atoms with Crippen LogP contribution in [0.4, 0.5) is 4.39 Å². The number of aromatic nitrogens is 4. The van der Waals surface area contributed by atoms with Gasteiger partial charge in [-0.25, -0.2) is 13.9 Å². The van der Waals surface area contributed by atoms with Crippen LogP contribution < -0.4 is 0 Å². The Labute approximate surface area is 177 Å². The van der Waals surface area contributed by atoms with E-state index >= 15 is 0 Å². The fraction of sp³-hybridized carbons (Fsp3) is 0.217. The van der Waals surface area contributed by atoms with Crippen molar-refractivity contribution in [3.8, 4) is 0 Å². The van der Waals surface area contributed by atoms with Crippen molar-refractivity contribution in [1.29, 1.82) is 0 Å². The molecule has 2 heterocycles. The summed E-state index contributed by atoms with van der Waals surface area (Å²) in [6.07, 6.45) is 2.75. The van der Waals surface area contributed by atoms with E-state index in [1.165, 1.54) is 23.3 Å². The standard InChI is InChI=1S/C23H19FN4OS/c1-14-3-2-4-15(9-14)13-30-23-26-22-25-20-10-17(16-5-7-18(24)8-6-16)11-21(29)19(20)12-28(22)27-23/h2-9,12,17H,10-11,13H2,1H3/t17-/m1/s1. The smallest absolute Gasteiger partial charge is 0.253 e. The maximum atomic E-state index is 13.2. The summed E-state index contributed by atoms with van der Waals surface area (Å²) in [6.45, 7) is 2.07. The van der Waals surface area contributed by atoms with Crippen molar-refractivity contribution in [2.45, 2.75) is 36.6 Å². The number of hydrogen-bond acceptors (Lipinski definition) is 5. The van der Waals surface area contributed by atoms with Crippen LogP contribution in [0.15, 0.2) is 59.9 Å². The zero-order valence-electron chi connectivity index (χ0n) is 16.4. The predicted octanol–water partition coefficient (Wildman–Crippen LogP) is 4.78. The first-order valence-corrected chi connectivity index (χ1v) is 10.8. The molecule has 5 nitrogen and oxygen atoms in total. The molecule has 2 aromatic heterocycles. The molecule has 0 saturated carbocycles. The second-order valence-corrected chi connectivity index (χ2v) is 8.54. The van der Waals surface area contributed by atoms with E-state index in [1.807, 2.05) is 6.07 Å². The average molecular weight is 418 g/mol. The number of fused-ring (bicyclic) bond motifs is 2. The molecule has 0 bridgehead atoms. The van der Waals surface area contributed by atoms with Gasteiger partial charge in [-0.15, -0.1) is 5.10 Å². The second-order valence-electron chi connectivity index (χ2n) is 7.60. The van der Waals surface area contributed by atoms with Gasteiger partial charge in [0.2, 0.25) is 5.16 Å². The summed E-state index contributed by atoms with van der Waals surface area (Å²) >= 11 is 1.55. The van der Waals surface area contributed by atoms with Gasteiger partial charge in [0.15, 0.2) is 5.78 Å². The summed E-state index contributed by atoms with van der Waals surface area (Å²) in [4.78, 5) is 21.9. The molecule has 0 unspecified atom stereocenters. The second kappa shape index (κ2) is 7.65. The van der Waals surface area contributed by atoms with Crippen LogP contribution in [0.5, 0.6) is 0 Å². The highest BCUT2D eigenvalue weighted by Crippen LogP contribution is 2.32. The van der Waals surface area contributed by atoms with Crippen molar-refractivity contribution in [2.75, 3.05) is 0 Å². The molecule has 0 spiro atoms. The minimum atomic E-state index is -0.278. The molecular formula is C23H19FN4OS. The molecule has 1 atom stereocenters. The van der Waals surface area contributed by atoms with E-state index in [9.17, 15) is 9.18 Å². The number of carbonyl (C=O) groups excluding carboxylic acids is 1. The van der Waals surface area contributed by atoms with Crippen LogP contribution >= 0.6 is 11.8 Å². The first-order valence-electron chi connectivity index (χ1n) is 9.78. The monoisotopic (exact) mass is 418 g/mol. The Balaban J connectivity index is 1.40. The highest BCUT2D eigenvalue weighted by Gasteiger charge is 2.28. The van der Waals surface area contributed by atoms with Crippen LogP contribution in [0.25, 0.3) is 5.78 Å². The normalized spacial score (nSPS) is 16.1. The predicted molar refractivity (Wildman–Crippen MR) is 113 cm³/mol. The van der Waals surface area contributed by atoms with Gasteiger partial charge < -0.3 is 0 Å². The Kier molecular flexibility index (Phi) is 4.83. The van der Waals surface area contributed by atoms with E-state index in [1.54, 1.807) is 34.6 Å². The highest BCUT2D eigenvalue weighted by molar-refractivity contribution is 7.98. The zero-order valence-corrected chi connectivity index (χ0v) is 17.2. The Morgan fingerprint density at radius 2 is 1.97 bits per heavy atom. The molecule has 7 heteroatoms. The van der Waals surface area contributed by atoms with Crippen LogP contribution in [0.3, 0.4) is 0 Å². The lowest BCUT2D eigenvalue weighted by atomic mass is 9.82. The lowest BCUT2D eigenvalue weighted by Gasteiger charge is -2.23. The molecule has 0 radical (unpaired) electrons. The number of Topliss-reactive ketones (excluding diaryl/α,β-unsaturated/α-hetero) is 1. The highest BCUT2D eigenvalue weighted by atomic mass is 32.2. The van der Waals surface area contributed by atoms with E-state index in [4.69, 9.17) is 0 Å². The summed E-state index contributed by atoms with van der Waals surface area (Å²) in [5.41, 5.74) is 4.72. The van der Waals surface area contributed by atoms with Crippen molar-refractivity contribution in [3.05, 3.63) is 88.5 Å². The number of halogens is 1. The topological polar surface area (TPSA) is 60.1 Å². The first-order chi connectivity index (χ1) is 14.5. The van der Waals surface area contributed by atoms with Gasteiger partial charge in [-0.2, -0.15) is 4.98 Å². The average Bonchev–Trinajstić information content (AvgIpc) is 3.13. The van der Waals surface area contributed by atoms with Crippen LogP contribution in [0.1, 0.15) is 45.1 Å². The Bertz CT molecular complexity index is 1250. The van der Waals surface area contributed by atoms with E-state index in [2.05, 4.69) is 40.2 Å². The molecular weight excluding hydrogens is 399 g/mol.